The van der Waals surface area contributed by atoms with Crippen molar-refractivity contribution in [2.45, 2.75) is 25.7 Å². The third-order valence-corrected chi connectivity index (χ3v) is 2.72. The first-order chi connectivity index (χ1) is 8.68. The molecule has 0 spiro atoms. The highest BCUT2D eigenvalue weighted by atomic mass is 16.1. The number of carbonyl (C=O) groups is 1. The molecule has 1 N–H and O–H groups in total. The molecule has 1 rings (SSSR count). The molecule has 18 heavy (non-hydrogen) atoms. The summed E-state index contributed by atoms with van der Waals surface area (Å²) in [5.74, 6) is 0.128. The van der Waals surface area contributed by atoms with Crippen molar-refractivity contribution >= 4 is 5.91 Å². The molecule has 1 amide bonds. The zero-order valence-corrected chi connectivity index (χ0v) is 11.4. The fourth-order valence-corrected chi connectivity index (χ4v) is 1.67. The molecule has 0 aliphatic heterocycles. The predicted octanol–water partition coefficient (Wildman–Crippen LogP) is 1.47. The molecule has 0 saturated carbocycles. The van der Waals surface area contributed by atoms with Crippen molar-refractivity contribution in [1.82, 2.24) is 15.2 Å². The van der Waals surface area contributed by atoms with Crippen LogP contribution in [-0.4, -0.2) is 43.0 Å². The summed E-state index contributed by atoms with van der Waals surface area (Å²) in [7, 11) is 4.12. The zero-order valence-electron chi connectivity index (χ0n) is 11.4. The Morgan fingerprint density at radius 1 is 1.39 bits per heavy atom. The lowest BCUT2D eigenvalue weighted by atomic mass is 10.1. The van der Waals surface area contributed by atoms with E-state index in [1.807, 2.05) is 18.3 Å². The molecule has 0 unspecified atom stereocenters. The smallest absolute Gasteiger partial charge is 0.220 e. The Balaban J connectivity index is 2.04. The van der Waals surface area contributed by atoms with Gasteiger partial charge in [0.1, 0.15) is 0 Å². The Morgan fingerprint density at radius 3 is 2.89 bits per heavy atom. The zero-order chi connectivity index (χ0) is 13.2. The summed E-state index contributed by atoms with van der Waals surface area (Å²) in [6, 6.07) is 3.89. The molecule has 100 valence electrons. The van der Waals surface area contributed by atoms with Crippen molar-refractivity contribution in [1.29, 1.82) is 0 Å². The topological polar surface area (TPSA) is 45.2 Å². The molecule has 0 aromatic carbocycles. The van der Waals surface area contributed by atoms with Crippen molar-refractivity contribution < 1.29 is 4.79 Å². The van der Waals surface area contributed by atoms with Crippen LogP contribution in [0.3, 0.4) is 0 Å². The molecule has 1 aromatic rings. The summed E-state index contributed by atoms with van der Waals surface area (Å²) in [6.07, 6.45) is 7.02. The largest absolute Gasteiger partial charge is 0.356 e. The van der Waals surface area contributed by atoms with Gasteiger partial charge in [0.2, 0.25) is 5.91 Å². The lowest BCUT2D eigenvalue weighted by molar-refractivity contribution is -0.121. The fraction of sp³-hybridized carbons (Fsp3) is 0.571. The van der Waals surface area contributed by atoms with Crippen LogP contribution >= 0.6 is 0 Å². The van der Waals surface area contributed by atoms with E-state index in [1.54, 1.807) is 6.20 Å². The maximum atomic E-state index is 11.6. The molecule has 0 atom stereocenters. The summed E-state index contributed by atoms with van der Waals surface area (Å²) >= 11 is 0. The Bertz CT molecular complexity index is 338. The van der Waals surface area contributed by atoms with Gasteiger partial charge < -0.3 is 10.2 Å². The summed E-state index contributed by atoms with van der Waals surface area (Å²) in [5.41, 5.74) is 1.11. The first-order valence-electron chi connectivity index (χ1n) is 6.49. The molecule has 0 aliphatic carbocycles. The first-order valence-corrected chi connectivity index (χ1v) is 6.49. The minimum atomic E-state index is 0.128. The van der Waals surface area contributed by atoms with Gasteiger partial charge in [0.15, 0.2) is 0 Å². The molecule has 1 aromatic heterocycles. The van der Waals surface area contributed by atoms with Crippen molar-refractivity contribution in [2.24, 2.45) is 0 Å². The van der Waals surface area contributed by atoms with Crippen molar-refractivity contribution in [3.05, 3.63) is 30.1 Å². The number of rotatable bonds is 8. The van der Waals surface area contributed by atoms with Crippen LogP contribution in [-0.2, 0) is 11.2 Å². The van der Waals surface area contributed by atoms with Gasteiger partial charge in [-0.3, -0.25) is 9.78 Å². The van der Waals surface area contributed by atoms with E-state index in [0.29, 0.717) is 6.42 Å². The molecule has 0 fully saturated rings. The number of pyridine rings is 1. The van der Waals surface area contributed by atoms with Crippen LogP contribution < -0.4 is 5.32 Å². The van der Waals surface area contributed by atoms with Gasteiger partial charge in [0.25, 0.3) is 0 Å². The van der Waals surface area contributed by atoms with Gasteiger partial charge in [-0.1, -0.05) is 6.07 Å². The Kier molecular flexibility index (Phi) is 7.03. The minimum absolute atomic E-state index is 0.128. The molecule has 0 aliphatic rings. The second-order valence-electron chi connectivity index (χ2n) is 4.72. The van der Waals surface area contributed by atoms with E-state index in [4.69, 9.17) is 0 Å². The van der Waals surface area contributed by atoms with Crippen molar-refractivity contribution in [3.8, 4) is 0 Å². The van der Waals surface area contributed by atoms with Crippen molar-refractivity contribution in [2.75, 3.05) is 27.2 Å². The Hall–Kier alpha value is -1.42. The predicted molar refractivity (Wildman–Crippen MR) is 73.4 cm³/mol. The van der Waals surface area contributed by atoms with Gasteiger partial charge in [-0.15, -0.1) is 0 Å². The second-order valence-corrected chi connectivity index (χ2v) is 4.72. The van der Waals surface area contributed by atoms with Gasteiger partial charge in [0, 0.05) is 25.4 Å². The van der Waals surface area contributed by atoms with Crippen LogP contribution in [0.15, 0.2) is 24.5 Å². The van der Waals surface area contributed by atoms with Crippen LogP contribution in [0.4, 0.5) is 0 Å². The van der Waals surface area contributed by atoms with Gasteiger partial charge >= 0.3 is 0 Å². The number of aromatic nitrogens is 1. The van der Waals surface area contributed by atoms with Crippen LogP contribution in [0.2, 0.25) is 0 Å². The molecule has 4 nitrogen and oxygen atoms in total. The molecular formula is C14H23N3O. The summed E-state index contributed by atoms with van der Waals surface area (Å²) in [4.78, 5) is 17.8. The van der Waals surface area contributed by atoms with E-state index in [2.05, 4.69) is 29.3 Å². The van der Waals surface area contributed by atoms with Gasteiger partial charge in [0.05, 0.1) is 0 Å². The molecular weight excluding hydrogens is 226 g/mol. The number of unbranched alkanes of at least 4 members (excludes halogenated alkanes) is 1. The fourth-order valence-electron chi connectivity index (χ4n) is 1.67. The Morgan fingerprint density at radius 2 is 2.22 bits per heavy atom. The highest BCUT2D eigenvalue weighted by Gasteiger charge is 2.01. The Labute approximate surface area is 109 Å². The number of carbonyl (C=O) groups excluding carboxylic acids is 1. The highest BCUT2D eigenvalue weighted by Crippen LogP contribution is 2.00. The molecule has 4 heteroatoms. The molecule has 1 heterocycles. The van der Waals surface area contributed by atoms with Gasteiger partial charge in [-0.05, 0) is 51.5 Å². The van der Waals surface area contributed by atoms with Crippen LogP contribution in [0.5, 0.6) is 0 Å². The summed E-state index contributed by atoms with van der Waals surface area (Å²) in [6.45, 7) is 1.85. The maximum absolute atomic E-state index is 11.6. The molecule has 0 radical (unpaired) electrons. The third-order valence-electron chi connectivity index (χ3n) is 2.72. The number of hydrogen-bond donors (Lipinski definition) is 1. The van der Waals surface area contributed by atoms with E-state index >= 15 is 0 Å². The minimum Gasteiger partial charge on any atom is -0.356 e. The third kappa shape index (κ3) is 7.01. The van der Waals surface area contributed by atoms with E-state index in [9.17, 15) is 4.79 Å². The number of amides is 1. The van der Waals surface area contributed by atoms with E-state index in [0.717, 1.165) is 37.9 Å². The monoisotopic (exact) mass is 249 g/mol. The van der Waals surface area contributed by atoms with Gasteiger partial charge in [-0.2, -0.15) is 0 Å². The average molecular weight is 249 g/mol. The van der Waals surface area contributed by atoms with E-state index < -0.39 is 0 Å². The van der Waals surface area contributed by atoms with Crippen LogP contribution in [0, 0.1) is 0 Å². The standard InChI is InChI=1S/C14H23N3O/c1-17(2)11-4-3-10-16-14(18)8-7-13-6-5-9-15-12-13/h5-6,9,12H,3-4,7-8,10-11H2,1-2H3,(H,16,18). The number of aryl methyl sites for hydroxylation is 1. The van der Waals surface area contributed by atoms with E-state index in [1.165, 1.54) is 0 Å². The summed E-state index contributed by atoms with van der Waals surface area (Å²) in [5, 5.41) is 2.95. The SMILES string of the molecule is CN(C)CCCCNC(=O)CCc1cccnc1. The number of hydrogen-bond acceptors (Lipinski definition) is 3. The summed E-state index contributed by atoms with van der Waals surface area (Å²) < 4.78 is 0. The second kappa shape index (κ2) is 8.64. The number of nitrogens with zero attached hydrogens (tertiary/aromatic N) is 2. The molecule has 0 bridgehead atoms. The quantitative estimate of drug-likeness (QED) is 0.710. The molecule has 0 saturated heterocycles. The van der Waals surface area contributed by atoms with Crippen molar-refractivity contribution in [3.63, 3.8) is 0 Å². The van der Waals surface area contributed by atoms with Crippen LogP contribution in [0.25, 0.3) is 0 Å². The lowest BCUT2D eigenvalue weighted by Gasteiger charge is -2.09. The lowest BCUT2D eigenvalue weighted by Crippen LogP contribution is -2.25. The first kappa shape index (κ1) is 14.6. The highest BCUT2D eigenvalue weighted by molar-refractivity contribution is 5.76. The van der Waals surface area contributed by atoms with Crippen LogP contribution in [0.1, 0.15) is 24.8 Å². The van der Waals surface area contributed by atoms with E-state index in [-0.39, 0.29) is 5.91 Å². The van der Waals surface area contributed by atoms with Gasteiger partial charge in [-0.25, -0.2) is 0 Å². The normalized spacial score (nSPS) is 10.6. The average Bonchev–Trinajstić information content (AvgIpc) is 2.37. The number of nitrogens with one attached hydrogen (secondary N) is 1. The maximum Gasteiger partial charge on any atom is 0.220 e.